The zero-order valence-corrected chi connectivity index (χ0v) is 19.1. The first-order valence-electron chi connectivity index (χ1n) is 10.9. The van der Waals surface area contributed by atoms with Crippen molar-refractivity contribution < 1.29 is 17.6 Å². The van der Waals surface area contributed by atoms with Crippen molar-refractivity contribution in [1.82, 2.24) is 19.7 Å². The second kappa shape index (κ2) is 8.26. The molecule has 172 valence electrons. The van der Waals surface area contributed by atoms with E-state index >= 15 is 0 Å². The molecule has 0 bridgehead atoms. The molecule has 0 aliphatic carbocycles. The molecule has 1 aromatic carbocycles. The Morgan fingerprint density at radius 1 is 1.06 bits per heavy atom. The number of rotatable bonds is 4. The number of hydrogen-bond acceptors (Lipinski definition) is 6. The van der Waals surface area contributed by atoms with Crippen LogP contribution >= 0.6 is 0 Å². The summed E-state index contributed by atoms with van der Waals surface area (Å²) in [6.07, 6.45) is 8.81. The highest BCUT2D eigenvalue weighted by molar-refractivity contribution is 7.90. The van der Waals surface area contributed by atoms with Crippen molar-refractivity contribution in [2.24, 2.45) is 0 Å². The summed E-state index contributed by atoms with van der Waals surface area (Å²) < 4.78 is 39.4. The number of sulfone groups is 1. The van der Waals surface area contributed by atoms with Gasteiger partial charge in [0.15, 0.2) is 9.84 Å². The molecule has 8 nitrogen and oxygen atoms in total. The van der Waals surface area contributed by atoms with E-state index in [1.807, 2.05) is 0 Å². The first-order chi connectivity index (χ1) is 15.8. The largest absolute Gasteiger partial charge is 0.371 e. The predicted molar refractivity (Wildman–Crippen MR) is 121 cm³/mol. The van der Waals surface area contributed by atoms with Crippen molar-refractivity contribution in [2.75, 3.05) is 24.2 Å². The van der Waals surface area contributed by atoms with Gasteiger partial charge in [0.05, 0.1) is 40.8 Å². The molecule has 3 aromatic rings. The van der Waals surface area contributed by atoms with Crippen LogP contribution in [-0.2, 0) is 22.9 Å². The van der Waals surface area contributed by atoms with E-state index in [2.05, 4.69) is 15.0 Å². The van der Waals surface area contributed by atoms with Crippen molar-refractivity contribution in [3.8, 4) is 5.69 Å². The fourth-order valence-corrected chi connectivity index (χ4v) is 5.10. The van der Waals surface area contributed by atoms with E-state index in [9.17, 15) is 17.6 Å². The number of pyridine rings is 1. The normalized spacial score (nSPS) is 16.2. The fourth-order valence-electron chi connectivity index (χ4n) is 4.45. The number of piperidine rings is 1. The van der Waals surface area contributed by atoms with Crippen LogP contribution in [0.2, 0.25) is 0 Å². The Labute approximate surface area is 191 Å². The van der Waals surface area contributed by atoms with Gasteiger partial charge in [-0.25, -0.2) is 17.5 Å². The van der Waals surface area contributed by atoms with Crippen molar-refractivity contribution >= 4 is 21.4 Å². The highest BCUT2D eigenvalue weighted by Crippen LogP contribution is 2.31. The number of carbonyl (C=O) groups is 1. The number of aromatic nitrogens is 3. The molecule has 5 rings (SSSR count). The van der Waals surface area contributed by atoms with Crippen LogP contribution < -0.4 is 4.90 Å². The van der Waals surface area contributed by atoms with Crippen LogP contribution in [-0.4, -0.2) is 53.3 Å². The van der Waals surface area contributed by atoms with Gasteiger partial charge in [0, 0.05) is 49.4 Å². The number of anilines is 1. The maximum atomic E-state index is 13.6. The van der Waals surface area contributed by atoms with E-state index in [0.717, 1.165) is 61.7 Å². The molecule has 1 fully saturated rings. The second-order valence-corrected chi connectivity index (χ2v) is 10.6. The van der Waals surface area contributed by atoms with E-state index in [0.29, 0.717) is 24.3 Å². The molecule has 2 aliphatic heterocycles. The summed E-state index contributed by atoms with van der Waals surface area (Å²) >= 11 is 0. The molecule has 0 radical (unpaired) electrons. The average molecular weight is 470 g/mol. The predicted octanol–water partition coefficient (Wildman–Crippen LogP) is 2.96. The van der Waals surface area contributed by atoms with Crippen LogP contribution in [0.5, 0.6) is 0 Å². The molecule has 1 amide bonds. The Balaban J connectivity index is 1.44. The molecule has 0 spiro atoms. The molecule has 1 saturated heterocycles. The molecule has 2 aromatic heterocycles. The average Bonchev–Trinajstić information content (AvgIpc) is 3.38. The monoisotopic (exact) mass is 469 g/mol. The number of carbonyl (C=O) groups excluding carboxylic acids is 1. The van der Waals surface area contributed by atoms with Crippen molar-refractivity contribution in [2.45, 2.75) is 37.2 Å². The van der Waals surface area contributed by atoms with Crippen molar-refractivity contribution in [3.05, 3.63) is 65.5 Å². The van der Waals surface area contributed by atoms with Gasteiger partial charge in [-0.3, -0.25) is 9.78 Å². The summed E-state index contributed by atoms with van der Waals surface area (Å²) in [5.41, 5.74) is 3.27. The summed E-state index contributed by atoms with van der Waals surface area (Å²) in [5.74, 6) is -0.672. The quantitative estimate of drug-likeness (QED) is 0.584. The van der Waals surface area contributed by atoms with Crippen LogP contribution in [0.25, 0.3) is 5.69 Å². The van der Waals surface area contributed by atoms with Crippen LogP contribution in [0.4, 0.5) is 10.1 Å². The Hall–Kier alpha value is -3.27. The van der Waals surface area contributed by atoms with E-state index in [4.69, 9.17) is 0 Å². The van der Waals surface area contributed by atoms with Gasteiger partial charge in [0.1, 0.15) is 5.82 Å². The lowest BCUT2D eigenvalue weighted by atomic mass is 10.1. The number of nitrogens with zero attached hydrogens (tertiary/aromatic N) is 5. The van der Waals surface area contributed by atoms with Crippen LogP contribution in [0.1, 0.15) is 40.9 Å². The summed E-state index contributed by atoms with van der Waals surface area (Å²) in [6, 6.07) is 6.17. The van der Waals surface area contributed by atoms with Gasteiger partial charge in [0.25, 0.3) is 5.91 Å². The molecule has 0 N–H and O–H groups in total. The second-order valence-electron chi connectivity index (χ2n) is 8.57. The lowest BCUT2D eigenvalue weighted by Gasteiger charge is -2.31. The number of halogens is 1. The van der Waals surface area contributed by atoms with Gasteiger partial charge >= 0.3 is 0 Å². The third kappa shape index (κ3) is 4.22. The molecule has 0 saturated carbocycles. The lowest BCUT2D eigenvalue weighted by Crippen LogP contribution is -2.33. The van der Waals surface area contributed by atoms with Gasteiger partial charge in [-0.1, -0.05) is 0 Å². The minimum atomic E-state index is -3.45. The molecular weight excluding hydrogens is 445 g/mol. The first kappa shape index (κ1) is 21.6. The molecule has 2 aliphatic rings. The first-order valence-corrected chi connectivity index (χ1v) is 12.8. The Morgan fingerprint density at radius 2 is 1.85 bits per heavy atom. The standard InChI is InChI=1S/C23H24FN5O3S/c1-33(31,32)19-5-6-22(27-7-3-2-4-8-27)20(10-19)23(30)28-13-16-14-29(26-21(16)15-28)18-9-17(24)11-25-12-18/h5-6,9-12,14H,2-4,7-8,13,15H2,1H3. The number of hydrogen-bond donors (Lipinski definition) is 0. The zero-order valence-electron chi connectivity index (χ0n) is 18.2. The third-order valence-electron chi connectivity index (χ3n) is 6.14. The van der Waals surface area contributed by atoms with E-state index in [-0.39, 0.29) is 10.8 Å². The summed E-state index contributed by atoms with van der Waals surface area (Å²) in [4.78, 5) is 21.4. The summed E-state index contributed by atoms with van der Waals surface area (Å²) in [7, 11) is -3.45. The van der Waals surface area contributed by atoms with E-state index in [1.165, 1.54) is 18.3 Å². The smallest absolute Gasteiger partial charge is 0.256 e. The zero-order chi connectivity index (χ0) is 23.2. The molecule has 10 heteroatoms. The topological polar surface area (TPSA) is 88.4 Å². The van der Waals surface area contributed by atoms with Crippen LogP contribution in [0, 0.1) is 5.82 Å². The minimum Gasteiger partial charge on any atom is -0.371 e. The molecular formula is C23H24FN5O3S. The molecule has 0 unspecified atom stereocenters. The van der Waals surface area contributed by atoms with Gasteiger partial charge in [-0.2, -0.15) is 5.10 Å². The number of benzene rings is 1. The number of amides is 1. The van der Waals surface area contributed by atoms with E-state index < -0.39 is 15.7 Å². The SMILES string of the molecule is CS(=O)(=O)c1ccc(N2CCCCC2)c(C(=O)N2Cc3cn(-c4cncc(F)c4)nc3C2)c1. The van der Waals surface area contributed by atoms with Gasteiger partial charge in [-0.05, 0) is 37.5 Å². The molecule has 33 heavy (non-hydrogen) atoms. The van der Waals surface area contributed by atoms with E-state index in [1.54, 1.807) is 27.9 Å². The maximum absolute atomic E-state index is 13.6. The Kier molecular flexibility index (Phi) is 5.40. The molecule has 4 heterocycles. The Bertz CT molecular complexity index is 1310. The Morgan fingerprint density at radius 3 is 2.55 bits per heavy atom. The van der Waals surface area contributed by atoms with Gasteiger partial charge in [-0.15, -0.1) is 0 Å². The van der Waals surface area contributed by atoms with Crippen molar-refractivity contribution in [3.63, 3.8) is 0 Å². The minimum absolute atomic E-state index is 0.132. The van der Waals surface area contributed by atoms with Gasteiger partial charge < -0.3 is 9.80 Å². The van der Waals surface area contributed by atoms with Crippen LogP contribution in [0.15, 0.2) is 47.8 Å². The van der Waals surface area contributed by atoms with Crippen molar-refractivity contribution in [1.29, 1.82) is 0 Å². The lowest BCUT2D eigenvalue weighted by molar-refractivity contribution is 0.0749. The third-order valence-corrected chi connectivity index (χ3v) is 7.25. The summed E-state index contributed by atoms with van der Waals surface area (Å²) in [5, 5.41) is 4.51. The molecule has 0 atom stereocenters. The number of fused-ring (bicyclic) bond motifs is 1. The fraction of sp³-hybridized carbons (Fsp3) is 0.348. The highest BCUT2D eigenvalue weighted by Gasteiger charge is 2.30. The van der Waals surface area contributed by atoms with Gasteiger partial charge in [0.2, 0.25) is 0 Å². The highest BCUT2D eigenvalue weighted by atomic mass is 32.2. The maximum Gasteiger partial charge on any atom is 0.256 e. The summed E-state index contributed by atoms with van der Waals surface area (Å²) in [6.45, 7) is 2.33. The van der Waals surface area contributed by atoms with Crippen LogP contribution in [0.3, 0.4) is 0 Å².